The van der Waals surface area contributed by atoms with Gasteiger partial charge in [0.15, 0.2) is 23.3 Å². The average Bonchev–Trinajstić information content (AvgIpc) is 2.99. The molecule has 2 unspecified atom stereocenters. The van der Waals surface area contributed by atoms with Crippen LogP contribution in [0, 0.1) is 40.5 Å². The van der Waals surface area contributed by atoms with Gasteiger partial charge in [-0.15, -0.1) is 0 Å². The number of methoxy groups -OCH3 is 1. The predicted molar refractivity (Wildman–Crippen MR) is 73.2 cm³/mol. The second-order valence-electron chi connectivity index (χ2n) is 6.34. The van der Waals surface area contributed by atoms with Crippen molar-refractivity contribution in [2.75, 3.05) is 7.11 Å². The number of rotatable bonds is 5. The first-order chi connectivity index (χ1) is 10.6. The first kappa shape index (κ1) is 17.7. The van der Waals surface area contributed by atoms with E-state index in [2.05, 4.69) is 4.74 Å². The third-order valence-electron chi connectivity index (χ3n) is 4.71. The zero-order valence-electron chi connectivity index (χ0n) is 13.3. The van der Waals surface area contributed by atoms with Crippen molar-refractivity contribution >= 4 is 5.97 Å². The molecule has 23 heavy (non-hydrogen) atoms. The molecule has 0 amide bonds. The molecule has 7 heteroatoms. The fourth-order valence-corrected chi connectivity index (χ4v) is 2.76. The molecule has 0 radical (unpaired) electrons. The molecule has 0 aromatic heterocycles. The number of ether oxygens (including phenoxy) is 2. The minimum absolute atomic E-state index is 0.0715. The second-order valence-corrected chi connectivity index (χ2v) is 6.34. The lowest BCUT2D eigenvalue weighted by molar-refractivity contribution is -0.147. The van der Waals surface area contributed by atoms with Gasteiger partial charge in [0.25, 0.3) is 0 Å². The molecule has 2 atom stereocenters. The van der Waals surface area contributed by atoms with Crippen LogP contribution < -0.4 is 0 Å². The lowest BCUT2D eigenvalue weighted by atomic mass is 10.1. The molecule has 1 saturated carbocycles. The topological polar surface area (TPSA) is 35.5 Å². The molecule has 1 aliphatic rings. The van der Waals surface area contributed by atoms with Crippen LogP contribution in [0.1, 0.15) is 31.9 Å². The summed E-state index contributed by atoms with van der Waals surface area (Å²) >= 11 is 0. The van der Waals surface area contributed by atoms with Crippen LogP contribution in [0.4, 0.5) is 17.6 Å². The molecule has 0 saturated heterocycles. The highest BCUT2D eigenvalue weighted by molar-refractivity contribution is 5.77. The predicted octanol–water partition coefficient (Wildman–Crippen LogP) is 3.72. The average molecular weight is 334 g/mol. The van der Waals surface area contributed by atoms with E-state index < -0.39 is 59.5 Å². The van der Waals surface area contributed by atoms with Gasteiger partial charge in [0.2, 0.25) is 0 Å². The molecular weight excluding hydrogens is 316 g/mol. The van der Waals surface area contributed by atoms with E-state index in [1.165, 1.54) is 0 Å². The fraction of sp³-hybridized carbons (Fsp3) is 0.562. The van der Waals surface area contributed by atoms with E-state index in [1.54, 1.807) is 0 Å². The maximum Gasteiger partial charge on any atom is 0.310 e. The van der Waals surface area contributed by atoms with E-state index in [1.807, 2.05) is 20.8 Å². The molecule has 0 spiro atoms. The van der Waals surface area contributed by atoms with Gasteiger partial charge in [-0.1, -0.05) is 20.8 Å². The van der Waals surface area contributed by atoms with Gasteiger partial charge in [0.1, 0.15) is 6.61 Å². The Balaban J connectivity index is 2.20. The van der Waals surface area contributed by atoms with Gasteiger partial charge >= 0.3 is 5.97 Å². The molecule has 1 fully saturated rings. The molecule has 2 rings (SSSR count). The molecule has 0 aliphatic heterocycles. The fourth-order valence-electron chi connectivity index (χ4n) is 2.76. The number of halogens is 4. The van der Waals surface area contributed by atoms with Crippen molar-refractivity contribution in [1.29, 1.82) is 0 Å². The Morgan fingerprint density at radius 3 is 1.74 bits per heavy atom. The van der Waals surface area contributed by atoms with Crippen LogP contribution in [0.2, 0.25) is 0 Å². The maximum atomic E-state index is 13.9. The summed E-state index contributed by atoms with van der Waals surface area (Å²) in [6.45, 7) is 4.11. The Morgan fingerprint density at radius 2 is 1.39 bits per heavy atom. The zero-order valence-corrected chi connectivity index (χ0v) is 13.3. The Labute approximate surface area is 131 Å². The van der Waals surface area contributed by atoms with Crippen LogP contribution in [-0.2, 0) is 27.5 Å². The Hall–Kier alpha value is -1.63. The molecule has 0 heterocycles. The third kappa shape index (κ3) is 2.94. The quantitative estimate of drug-likeness (QED) is 0.468. The van der Waals surface area contributed by atoms with Gasteiger partial charge < -0.3 is 9.47 Å². The molecule has 0 N–H and O–H groups in total. The summed E-state index contributed by atoms with van der Waals surface area (Å²) in [4.78, 5) is 11.9. The maximum absolute atomic E-state index is 13.9. The van der Waals surface area contributed by atoms with E-state index in [0.29, 0.717) is 0 Å². The molecule has 0 bridgehead atoms. The molecule has 1 aromatic rings. The minimum Gasteiger partial charge on any atom is -0.460 e. The summed E-state index contributed by atoms with van der Waals surface area (Å²) in [7, 11) is 1.14. The van der Waals surface area contributed by atoms with E-state index in [4.69, 9.17) is 4.74 Å². The van der Waals surface area contributed by atoms with Crippen LogP contribution in [0.3, 0.4) is 0 Å². The second kappa shape index (κ2) is 6.11. The van der Waals surface area contributed by atoms with E-state index in [9.17, 15) is 22.4 Å². The van der Waals surface area contributed by atoms with Crippen LogP contribution in [-0.4, -0.2) is 13.1 Å². The summed E-state index contributed by atoms with van der Waals surface area (Å²) < 4.78 is 64.7. The van der Waals surface area contributed by atoms with Gasteiger partial charge in [-0.05, 0) is 11.3 Å². The zero-order chi connectivity index (χ0) is 17.5. The van der Waals surface area contributed by atoms with Gasteiger partial charge in [-0.3, -0.25) is 4.79 Å². The van der Waals surface area contributed by atoms with Gasteiger partial charge in [-0.2, -0.15) is 0 Å². The van der Waals surface area contributed by atoms with Crippen LogP contribution >= 0.6 is 0 Å². The highest BCUT2D eigenvalue weighted by Crippen LogP contribution is 2.58. The number of hydrogen-bond donors (Lipinski definition) is 0. The lowest BCUT2D eigenvalue weighted by Gasteiger charge is -2.12. The van der Waals surface area contributed by atoms with Crippen molar-refractivity contribution in [3.8, 4) is 0 Å². The van der Waals surface area contributed by atoms with E-state index in [-0.39, 0.29) is 11.3 Å². The van der Waals surface area contributed by atoms with Crippen LogP contribution in [0.15, 0.2) is 0 Å². The van der Waals surface area contributed by atoms with Gasteiger partial charge in [0.05, 0.1) is 23.7 Å². The summed E-state index contributed by atoms with van der Waals surface area (Å²) in [5.41, 5.74) is -2.04. The smallest absolute Gasteiger partial charge is 0.310 e. The highest BCUT2D eigenvalue weighted by atomic mass is 19.2. The Bertz CT molecular complexity index is 614. The highest BCUT2D eigenvalue weighted by Gasteiger charge is 2.59. The Morgan fingerprint density at radius 1 is 1.00 bits per heavy atom. The van der Waals surface area contributed by atoms with Crippen molar-refractivity contribution in [3.63, 3.8) is 0 Å². The summed E-state index contributed by atoms with van der Waals surface area (Å²) in [6, 6.07) is 0. The summed E-state index contributed by atoms with van der Waals surface area (Å²) in [5, 5.41) is 0. The normalized spacial score (nSPS) is 22.1. The monoisotopic (exact) mass is 334 g/mol. The summed E-state index contributed by atoms with van der Waals surface area (Å²) in [6.07, 6.45) is 0. The van der Waals surface area contributed by atoms with Crippen molar-refractivity contribution < 1.29 is 31.8 Å². The molecule has 1 aliphatic carbocycles. The molecule has 1 aromatic carbocycles. The molecule has 3 nitrogen and oxygen atoms in total. The van der Waals surface area contributed by atoms with Gasteiger partial charge in [-0.25, -0.2) is 17.6 Å². The number of benzene rings is 1. The number of esters is 1. The number of hydrogen-bond acceptors (Lipinski definition) is 3. The van der Waals surface area contributed by atoms with Crippen LogP contribution in [0.25, 0.3) is 0 Å². The van der Waals surface area contributed by atoms with E-state index >= 15 is 0 Å². The van der Waals surface area contributed by atoms with Crippen molar-refractivity contribution in [2.45, 2.75) is 34.0 Å². The standard InChI is InChI=1S/C16H18F4O3/c1-7-10(16(7,2)3)15(21)23-6-9-13(19)11(17)8(5-22-4)12(18)14(9)20/h7,10H,5-6H2,1-4H3. The minimum atomic E-state index is -1.58. The van der Waals surface area contributed by atoms with Gasteiger partial charge in [0, 0.05) is 7.11 Å². The number of carbonyl (C=O) groups is 1. The van der Waals surface area contributed by atoms with Crippen LogP contribution in [0.5, 0.6) is 0 Å². The van der Waals surface area contributed by atoms with Crippen molar-refractivity contribution in [3.05, 3.63) is 34.4 Å². The summed E-state index contributed by atoms with van der Waals surface area (Å²) in [5.74, 6) is -7.20. The molecular formula is C16H18F4O3. The first-order valence-electron chi connectivity index (χ1n) is 7.13. The molecule has 128 valence electrons. The lowest BCUT2D eigenvalue weighted by Crippen LogP contribution is -2.15. The SMILES string of the molecule is COCc1c(F)c(F)c(COC(=O)C2C(C)C2(C)C)c(F)c1F. The van der Waals surface area contributed by atoms with Crippen molar-refractivity contribution in [1.82, 2.24) is 0 Å². The first-order valence-corrected chi connectivity index (χ1v) is 7.13. The third-order valence-corrected chi connectivity index (χ3v) is 4.71. The van der Waals surface area contributed by atoms with Crippen molar-refractivity contribution in [2.24, 2.45) is 17.3 Å². The largest absolute Gasteiger partial charge is 0.460 e. The number of carbonyl (C=O) groups excluding carboxylic acids is 1. The Kier molecular flexibility index (Phi) is 4.71. The van der Waals surface area contributed by atoms with E-state index in [0.717, 1.165) is 7.11 Å².